The molecule has 3 nitrogen and oxygen atoms in total. The maximum atomic E-state index is 9.93. The topological polar surface area (TPSA) is 46.5 Å². The van der Waals surface area contributed by atoms with Crippen LogP contribution in [0.2, 0.25) is 0 Å². The van der Waals surface area contributed by atoms with Gasteiger partial charge in [-0.2, -0.15) is 0 Å². The largest absolute Gasteiger partial charge is 0.508 e. The van der Waals surface area contributed by atoms with Gasteiger partial charge in [-0.25, -0.2) is 0 Å². The molecule has 0 saturated carbocycles. The number of carbonyl (C=O) groups is 1. The Morgan fingerprint density at radius 2 is 2.27 bits per heavy atom. The summed E-state index contributed by atoms with van der Waals surface area (Å²) in [6, 6.07) is 4.60. The number of hydrogen-bond donors (Lipinski definition) is 1. The van der Waals surface area contributed by atoms with Crippen LogP contribution >= 0.6 is 0 Å². The summed E-state index contributed by atoms with van der Waals surface area (Å²) in [6.07, 6.45) is 0. The monoisotopic (exact) mass is 152 g/mol. The van der Waals surface area contributed by atoms with Gasteiger partial charge in [0.1, 0.15) is 11.5 Å². The number of ether oxygens (including phenoxy) is 1. The smallest absolute Gasteiger partial charge is 0.298 e. The number of rotatable bonds is 2. The van der Waals surface area contributed by atoms with Crippen molar-refractivity contribution in [2.45, 2.75) is 6.92 Å². The Hall–Kier alpha value is -1.51. The minimum absolute atomic E-state index is 0.0902. The Morgan fingerprint density at radius 3 is 2.91 bits per heavy atom. The lowest BCUT2D eigenvalue weighted by Gasteiger charge is -2.01. The van der Waals surface area contributed by atoms with Crippen LogP contribution in [-0.2, 0) is 4.79 Å². The number of carbonyl (C=O) groups excluding carboxylic acids is 1. The van der Waals surface area contributed by atoms with Crippen LogP contribution in [0.5, 0.6) is 11.5 Å². The zero-order chi connectivity index (χ0) is 8.27. The maximum Gasteiger partial charge on any atom is 0.298 e. The first-order valence-corrected chi connectivity index (χ1v) is 3.14. The second kappa shape index (κ2) is 3.05. The summed E-state index contributed by atoms with van der Waals surface area (Å²) >= 11 is 0. The molecular formula is C8H8O3. The van der Waals surface area contributed by atoms with Crippen molar-refractivity contribution in [3.8, 4) is 11.5 Å². The summed E-state index contributed by atoms with van der Waals surface area (Å²) in [5.74, 6) is 0.479. The van der Waals surface area contributed by atoms with Gasteiger partial charge >= 0.3 is 0 Å². The average molecular weight is 152 g/mol. The first-order chi connectivity index (χ1) is 5.24. The van der Waals surface area contributed by atoms with E-state index in [1.54, 1.807) is 13.0 Å². The number of aromatic hydroxyl groups is 1. The molecule has 0 atom stereocenters. The van der Waals surface area contributed by atoms with Crippen LogP contribution < -0.4 is 4.74 Å². The molecule has 0 saturated heterocycles. The van der Waals surface area contributed by atoms with Gasteiger partial charge in [-0.15, -0.1) is 0 Å². The van der Waals surface area contributed by atoms with E-state index in [-0.39, 0.29) is 5.75 Å². The van der Waals surface area contributed by atoms with Gasteiger partial charge in [0.2, 0.25) is 0 Å². The van der Waals surface area contributed by atoms with Gasteiger partial charge in [0.25, 0.3) is 6.47 Å². The lowest BCUT2D eigenvalue weighted by molar-refractivity contribution is -0.120. The van der Waals surface area contributed by atoms with Crippen LogP contribution in [0.15, 0.2) is 18.2 Å². The Morgan fingerprint density at radius 1 is 1.55 bits per heavy atom. The normalized spacial score (nSPS) is 9.18. The van der Waals surface area contributed by atoms with Gasteiger partial charge in [-0.05, 0) is 18.6 Å². The molecule has 11 heavy (non-hydrogen) atoms. The van der Waals surface area contributed by atoms with Gasteiger partial charge in [0.05, 0.1) is 0 Å². The van der Waals surface area contributed by atoms with Crippen molar-refractivity contribution in [3.05, 3.63) is 23.8 Å². The molecule has 3 heteroatoms. The van der Waals surface area contributed by atoms with Crippen molar-refractivity contribution >= 4 is 6.47 Å². The van der Waals surface area contributed by atoms with Crippen LogP contribution in [0, 0.1) is 6.92 Å². The van der Waals surface area contributed by atoms with Crippen molar-refractivity contribution in [1.82, 2.24) is 0 Å². The van der Waals surface area contributed by atoms with E-state index < -0.39 is 0 Å². The fourth-order valence-corrected chi connectivity index (χ4v) is 0.768. The molecular weight excluding hydrogens is 144 g/mol. The Labute approximate surface area is 64.2 Å². The average Bonchev–Trinajstić information content (AvgIpc) is 1.98. The predicted octanol–water partition coefficient (Wildman–Crippen LogP) is 1.24. The standard InChI is InChI=1S/C8H8O3/c1-6-2-3-7(10)4-8(6)11-5-9/h2-5,10H,1H3. The third-order valence-corrected chi connectivity index (χ3v) is 1.35. The van der Waals surface area contributed by atoms with Crippen molar-refractivity contribution in [2.75, 3.05) is 0 Å². The second-order valence-electron chi connectivity index (χ2n) is 2.16. The van der Waals surface area contributed by atoms with Crippen molar-refractivity contribution in [3.63, 3.8) is 0 Å². The third-order valence-electron chi connectivity index (χ3n) is 1.35. The lowest BCUT2D eigenvalue weighted by Crippen LogP contribution is -1.90. The van der Waals surface area contributed by atoms with E-state index in [1.807, 2.05) is 0 Å². The Kier molecular flexibility index (Phi) is 2.11. The van der Waals surface area contributed by atoms with E-state index >= 15 is 0 Å². The molecule has 0 fully saturated rings. The van der Waals surface area contributed by atoms with E-state index in [0.717, 1.165) is 5.56 Å². The number of benzene rings is 1. The summed E-state index contributed by atoms with van der Waals surface area (Å²) in [6.45, 7) is 2.13. The van der Waals surface area contributed by atoms with Gasteiger partial charge in [0.15, 0.2) is 0 Å². The van der Waals surface area contributed by atoms with Crippen LogP contribution in [-0.4, -0.2) is 11.6 Å². The number of phenolic OH excluding ortho intramolecular Hbond substituents is 1. The first-order valence-electron chi connectivity index (χ1n) is 3.14. The van der Waals surface area contributed by atoms with Crippen LogP contribution in [0.25, 0.3) is 0 Å². The Balaban J connectivity index is 3.01. The molecule has 0 unspecified atom stereocenters. The predicted molar refractivity (Wildman–Crippen MR) is 39.5 cm³/mol. The fourth-order valence-electron chi connectivity index (χ4n) is 0.768. The van der Waals surface area contributed by atoms with Gasteiger partial charge in [0, 0.05) is 6.07 Å². The minimum atomic E-state index is 0.0902. The summed E-state index contributed by atoms with van der Waals surface area (Å²) < 4.78 is 4.58. The van der Waals surface area contributed by atoms with E-state index in [4.69, 9.17) is 5.11 Å². The summed E-state index contributed by atoms with van der Waals surface area (Å²) in [5, 5.41) is 8.97. The zero-order valence-electron chi connectivity index (χ0n) is 6.07. The van der Waals surface area contributed by atoms with E-state index in [1.165, 1.54) is 12.1 Å². The molecule has 0 bridgehead atoms. The lowest BCUT2D eigenvalue weighted by atomic mass is 10.2. The molecule has 1 aromatic rings. The maximum absolute atomic E-state index is 9.93. The fraction of sp³-hybridized carbons (Fsp3) is 0.125. The van der Waals surface area contributed by atoms with Gasteiger partial charge in [-0.1, -0.05) is 6.07 Å². The van der Waals surface area contributed by atoms with E-state index in [2.05, 4.69) is 4.74 Å². The van der Waals surface area contributed by atoms with Crippen molar-refractivity contribution < 1.29 is 14.6 Å². The summed E-state index contributed by atoms with van der Waals surface area (Å²) in [4.78, 5) is 9.93. The number of phenols is 1. The van der Waals surface area contributed by atoms with Crippen molar-refractivity contribution in [1.29, 1.82) is 0 Å². The highest BCUT2D eigenvalue weighted by atomic mass is 16.5. The van der Waals surface area contributed by atoms with Crippen LogP contribution in [0.3, 0.4) is 0 Å². The first kappa shape index (κ1) is 7.60. The van der Waals surface area contributed by atoms with E-state index in [9.17, 15) is 4.79 Å². The second-order valence-corrected chi connectivity index (χ2v) is 2.16. The van der Waals surface area contributed by atoms with Gasteiger partial charge in [-0.3, -0.25) is 4.79 Å². The molecule has 0 aliphatic carbocycles. The summed E-state index contributed by atoms with van der Waals surface area (Å²) in [5.41, 5.74) is 0.815. The number of hydrogen-bond acceptors (Lipinski definition) is 3. The summed E-state index contributed by atoms with van der Waals surface area (Å²) in [7, 11) is 0. The molecule has 1 rings (SSSR count). The molecule has 0 aliphatic rings. The molecule has 1 aromatic carbocycles. The van der Waals surface area contributed by atoms with E-state index in [0.29, 0.717) is 12.2 Å². The Bertz CT molecular complexity index is 268. The molecule has 0 radical (unpaired) electrons. The minimum Gasteiger partial charge on any atom is -0.508 e. The van der Waals surface area contributed by atoms with Gasteiger partial charge < -0.3 is 9.84 Å². The highest BCUT2D eigenvalue weighted by Crippen LogP contribution is 2.22. The number of aryl methyl sites for hydroxylation is 1. The molecule has 0 heterocycles. The molecule has 0 amide bonds. The van der Waals surface area contributed by atoms with Crippen LogP contribution in [0.1, 0.15) is 5.56 Å². The molecule has 0 aromatic heterocycles. The highest BCUT2D eigenvalue weighted by molar-refractivity contribution is 5.49. The molecule has 1 N–H and O–H groups in total. The molecule has 58 valence electrons. The van der Waals surface area contributed by atoms with Crippen LogP contribution in [0.4, 0.5) is 0 Å². The highest BCUT2D eigenvalue weighted by Gasteiger charge is 1.98. The molecule has 0 aliphatic heterocycles. The third kappa shape index (κ3) is 1.70. The van der Waals surface area contributed by atoms with Crippen molar-refractivity contribution in [2.24, 2.45) is 0 Å². The SMILES string of the molecule is Cc1ccc(O)cc1OC=O. The molecule has 0 spiro atoms. The zero-order valence-corrected chi connectivity index (χ0v) is 6.07. The quantitative estimate of drug-likeness (QED) is 0.648.